The number of hydrogen-bond donors (Lipinski definition) is 0. The van der Waals surface area contributed by atoms with E-state index in [0.717, 1.165) is 34.1 Å². The van der Waals surface area contributed by atoms with E-state index < -0.39 is 0 Å². The Labute approximate surface area is 314 Å². The Balaban J connectivity index is 1.09. The number of fused-ring (bicyclic) bond motifs is 4. The Kier molecular flexibility index (Phi) is 7.78. The Hall–Kier alpha value is -6.55. The minimum atomic E-state index is 1.12. The number of hydrogen-bond acceptors (Lipinski definition) is 3. The summed E-state index contributed by atoms with van der Waals surface area (Å²) >= 11 is 1.87. The second kappa shape index (κ2) is 13.2. The van der Waals surface area contributed by atoms with Gasteiger partial charge in [0.25, 0.3) is 0 Å². The number of anilines is 6. The van der Waals surface area contributed by atoms with E-state index in [1.54, 1.807) is 0 Å². The van der Waals surface area contributed by atoms with Crippen molar-refractivity contribution in [2.24, 2.45) is 0 Å². The highest BCUT2D eigenvalue weighted by molar-refractivity contribution is 7.99. The molecule has 0 spiro atoms. The summed E-state index contributed by atoms with van der Waals surface area (Å²) in [4.78, 5) is 7.26. The standard InChI is InChI=1S/C50H34N2S/c1-5-14-35(15-6-1)36-24-27-41(28-25-36)52(40-20-11-4-12-21-40)42-29-26-37-32-47-44-31-30-43(51(38-16-7-2-8-17-38)39-18-9-3-10-19-39)34-49(44)53-48-23-13-22-45(50(47)48)46(37)33-42/h1-34H. The molecule has 0 amide bonds. The summed E-state index contributed by atoms with van der Waals surface area (Å²) < 4.78 is 0. The Morgan fingerprint density at radius 1 is 0.302 bits per heavy atom. The van der Waals surface area contributed by atoms with Crippen LogP contribution < -0.4 is 9.80 Å². The quantitative estimate of drug-likeness (QED) is 0.153. The smallest absolute Gasteiger partial charge is 0.0473 e. The van der Waals surface area contributed by atoms with E-state index in [2.05, 4.69) is 216 Å². The maximum atomic E-state index is 2.40. The van der Waals surface area contributed by atoms with E-state index in [1.165, 1.54) is 53.6 Å². The van der Waals surface area contributed by atoms with E-state index >= 15 is 0 Å². The minimum Gasteiger partial charge on any atom is -0.310 e. The van der Waals surface area contributed by atoms with Gasteiger partial charge in [0.1, 0.15) is 0 Å². The summed E-state index contributed by atoms with van der Waals surface area (Å²) in [5, 5.41) is 5.09. The molecule has 0 fully saturated rings. The van der Waals surface area contributed by atoms with Crippen LogP contribution in [0.25, 0.3) is 43.8 Å². The van der Waals surface area contributed by atoms with Crippen molar-refractivity contribution in [2.75, 3.05) is 9.80 Å². The fourth-order valence-electron chi connectivity index (χ4n) is 7.74. The summed E-state index contributed by atoms with van der Waals surface area (Å²) in [7, 11) is 0. The molecule has 1 heterocycles. The van der Waals surface area contributed by atoms with Crippen molar-refractivity contribution in [2.45, 2.75) is 9.79 Å². The molecule has 0 N–H and O–H groups in total. The third-order valence-corrected chi connectivity index (χ3v) is 11.3. The van der Waals surface area contributed by atoms with Crippen LogP contribution in [0.15, 0.2) is 216 Å². The highest BCUT2D eigenvalue weighted by Gasteiger charge is 2.23. The van der Waals surface area contributed by atoms with Crippen LogP contribution in [0.4, 0.5) is 34.1 Å². The molecule has 9 aromatic carbocycles. The molecule has 1 aliphatic rings. The molecular weight excluding hydrogens is 661 g/mol. The summed E-state index contributed by atoms with van der Waals surface area (Å²) in [5.74, 6) is 0. The van der Waals surface area contributed by atoms with Crippen LogP contribution in [0.3, 0.4) is 0 Å². The zero-order valence-electron chi connectivity index (χ0n) is 28.9. The Morgan fingerprint density at radius 3 is 1.43 bits per heavy atom. The molecule has 2 nitrogen and oxygen atoms in total. The fourth-order valence-corrected chi connectivity index (χ4v) is 8.91. The van der Waals surface area contributed by atoms with Gasteiger partial charge < -0.3 is 9.80 Å². The average molecular weight is 695 g/mol. The monoisotopic (exact) mass is 694 g/mol. The molecule has 250 valence electrons. The molecule has 3 heteroatoms. The van der Waals surface area contributed by atoms with Gasteiger partial charge >= 0.3 is 0 Å². The van der Waals surface area contributed by atoms with Gasteiger partial charge in [-0.25, -0.2) is 0 Å². The summed E-state index contributed by atoms with van der Waals surface area (Å²) in [6.45, 7) is 0. The molecule has 10 rings (SSSR count). The number of nitrogens with zero attached hydrogens (tertiary/aromatic N) is 2. The van der Waals surface area contributed by atoms with E-state index in [9.17, 15) is 0 Å². The molecule has 0 bridgehead atoms. The van der Waals surface area contributed by atoms with Gasteiger partial charge in [-0.05, 0) is 123 Å². The van der Waals surface area contributed by atoms with E-state index in [0.29, 0.717) is 0 Å². The van der Waals surface area contributed by atoms with Crippen LogP contribution >= 0.6 is 11.8 Å². The molecule has 0 radical (unpaired) electrons. The molecule has 9 aromatic rings. The van der Waals surface area contributed by atoms with E-state index in [1.807, 2.05) is 11.8 Å². The lowest BCUT2D eigenvalue weighted by molar-refractivity contribution is 1.26. The zero-order valence-corrected chi connectivity index (χ0v) is 29.7. The first-order valence-corrected chi connectivity index (χ1v) is 18.8. The highest BCUT2D eigenvalue weighted by atomic mass is 32.2. The minimum absolute atomic E-state index is 1.12. The first-order chi connectivity index (χ1) is 26.3. The van der Waals surface area contributed by atoms with Crippen molar-refractivity contribution in [3.63, 3.8) is 0 Å². The van der Waals surface area contributed by atoms with Crippen molar-refractivity contribution < 1.29 is 0 Å². The van der Waals surface area contributed by atoms with Gasteiger partial charge in [0.05, 0.1) is 0 Å². The van der Waals surface area contributed by atoms with Crippen molar-refractivity contribution >= 4 is 67.4 Å². The fraction of sp³-hybridized carbons (Fsp3) is 0. The first-order valence-electron chi connectivity index (χ1n) is 18.0. The van der Waals surface area contributed by atoms with Crippen LogP contribution in [-0.2, 0) is 0 Å². The van der Waals surface area contributed by atoms with Gasteiger partial charge in [0.2, 0.25) is 0 Å². The third-order valence-electron chi connectivity index (χ3n) is 10.2. The molecule has 0 saturated carbocycles. The molecule has 1 aliphatic heterocycles. The van der Waals surface area contributed by atoms with Gasteiger partial charge in [-0.2, -0.15) is 0 Å². The zero-order chi connectivity index (χ0) is 35.1. The lowest BCUT2D eigenvalue weighted by atomic mass is 9.92. The predicted molar refractivity (Wildman–Crippen MR) is 226 cm³/mol. The third kappa shape index (κ3) is 5.63. The van der Waals surface area contributed by atoms with Gasteiger partial charge in [-0.3, -0.25) is 0 Å². The first kappa shape index (κ1) is 31.2. The second-order valence-electron chi connectivity index (χ2n) is 13.4. The van der Waals surface area contributed by atoms with Crippen molar-refractivity contribution in [3.8, 4) is 22.3 Å². The predicted octanol–water partition coefficient (Wildman–Crippen LogP) is 14.7. The van der Waals surface area contributed by atoms with Crippen LogP contribution in [0.1, 0.15) is 0 Å². The molecule has 0 aliphatic carbocycles. The van der Waals surface area contributed by atoms with E-state index in [-0.39, 0.29) is 0 Å². The molecule has 53 heavy (non-hydrogen) atoms. The molecule has 0 atom stereocenters. The molecule has 0 unspecified atom stereocenters. The maximum Gasteiger partial charge on any atom is 0.0473 e. The topological polar surface area (TPSA) is 6.48 Å². The summed E-state index contributed by atoms with van der Waals surface area (Å²) in [6.07, 6.45) is 0. The van der Waals surface area contributed by atoms with Crippen LogP contribution in [0.2, 0.25) is 0 Å². The average Bonchev–Trinajstić information content (AvgIpc) is 3.23. The largest absolute Gasteiger partial charge is 0.310 e. The number of benzene rings is 9. The SMILES string of the molecule is c1ccc(-c2ccc(N(c3ccccc3)c3ccc4cc5c6c(cccc6c4c3)Sc3cc(N(c4ccccc4)c4ccccc4)ccc3-5)cc2)cc1. The van der Waals surface area contributed by atoms with Crippen molar-refractivity contribution in [3.05, 3.63) is 206 Å². The van der Waals surface area contributed by atoms with E-state index in [4.69, 9.17) is 0 Å². The summed E-state index contributed by atoms with van der Waals surface area (Å²) in [5.41, 5.74) is 11.8. The summed E-state index contributed by atoms with van der Waals surface area (Å²) in [6, 6.07) is 74.5. The molecular formula is C50H34N2S. The van der Waals surface area contributed by atoms with Gasteiger partial charge in [-0.15, -0.1) is 0 Å². The van der Waals surface area contributed by atoms with Crippen LogP contribution in [0, 0.1) is 0 Å². The van der Waals surface area contributed by atoms with Crippen molar-refractivity contribution in [1.82, 2.24) is 0 Å². The van der Waals surface area contributed by atoms with Crippen LogP contribution in [0.5, 0.6) is 0 Å². The molecule has 0 aromatic heterocycles. The Bertz CT molecular complexity index is 2690. The second-order valence-corrected chi connectivity index (χ2v) is 14.5. The highest BCUT2D eigenvalue weighted by Crippen LogP contribution is 2.52. The maximum absolute atomic E-state index is 2.40. The van der Waals surface area contributed by atoms with Gasteiger partial charge in [0, 0.05) is 49.3 Å². The Morgan fingerprint density at radius 2 is 0.811 bits per heavy atom. The normalized spacial score (nSPS) is 11.7. The number of para-hydroxylation sites is 3. The van der Waals surface area contributed by atoms with Gasteiger partial charge in [0.15, 0.2) is 0 Å². The van der Waals surface area contributed by atoms with Gasteiger partial charge in [-0.1, -0.05) is 133 Å². The lowest BCUT2D eigenvalue weighted by Gasteiger charge is -2.28. The number of rotatable bonds is 7. The molecule has 0 saturated heterocycles. The van der Waals surface area contributed by atoms with Crippen LogP contribution in [-0.4, -0.2) is 0 Å². The van der Waals surface area contributed by atoms with Crippen molar-refractivity contribution in [1.29, 1.82) is 0 Å². The lowest BCUT2D eigenvalue weighted by Crippen LogP contribution is -2.10.